The number of benzene rings is 1. The highest BCUT2D eigenvalue weighted by atomic mass is 79.9. The van der Waals surface area contributed by atoms with Gasteiger partial charge in [0.05, 0.1) is 5.60 Å². The molecule has 25 heavy (non-hydrogen) atoms. The third-order valence-corrected chi connectivity index (χ3v) is 5.28. The van der Waals surface area contributed by atoms with Crippen LogP contribution in [0.1, 0.15) is 38.7 Å². The minimum atomic E-state index is -0.936. The second-order valence-electron chi connectivity index (χ2n) is 7.34. The molecule has 1 saturated heterocycles. The Hall–Kier alpha value is -1.66. The predicted octanol–water partition coefficient (Wildman–Crippen LogP) is 2.91. The maximum atomic E-state index is 12.7. The number of likely N-dealkylation sites (tertiary alicyclic amines) is 1. The summed E-state index contributed by atoms with van der Waals surface area (Å²) in [5, 5.41) is 10.9. The van der Waals surface area contributed by atoms with E-state index in [-0.39, 0.29) is 23.9 Å². The first kappa shape index (κ1) is 18.1. The van der Waals surface area contributed by atoms with Gasteiger partial charge in [0.1, 0.15) is 5.60 Å². The third-order valence-electron chi connectivity index (χ3n) is 4.75. The Balaban J connectivity index is 1.69. The van der Waals surface area contributed by atoms with Crippen LogP contribution in [0, 0.1) is 0 Å². The van der Waals surface area contributed by atoms with E-state index in [1.807, 2.05) is 24.3 Å². The van der Waals surface area contributed by atoms with Crippen LogP contribution < -0.4 is 0 Å². The van der Waals surface area contributed by atoms with Gasteiger partial charge in [0.15, 0.2) is 11.5 Å². The standard InChI is InChI=1S/C19H22BrNO4/c1-18(2)12-15(22)11-16(25-18)17(23)21-9-7-19(24,8-10-21)13-3-5-14(20)6-4-13/h3-6,11,24H,7-10,12H2,1-2H3. The highest BCUT2D eigenvalue weighted by Crippen LogP contribution is 2.34. The van der Waals surface area contributed by atoms with Crippen LogP contribution in [0.25, 0.3) is 0 Å². The zero-order chi connectivity index (χ0) is 18.2. The first-order valence-corrected chi connectivity index (χ1v) is 9.19. The molecule has 1 N–H and O–H groups in total. The number of nitrogens with zero attached hydrogens (tertiary/aromatic N) is 1. The van der Waals surface area contributed by atoms with Crippen molar-refractivity contribution in [2.24, 2.45) is 0 Å². The van der Waals surface area contributed by atoms with E-state index in [0.717, 1.165) is 10.0 Å². The number of rotatable bonds is 2. The number of halogens is 1. The van der Waals surface area contributed by atoms with Crippen molar-refractivity contribution in [3.63, 3.8) is 0 Å². The summed E-state index contributed by atoms with van der Waals surface area (Å²) in [6.07, 6.45) is 2.46. The predicted molar refractivity (Wildman–Crippen MR) is 96.7 cm³/mol. The number of hydrogen-bond donors (Lipinski definition) is 1. The SMILES string of the molecule is CC1(C)CC(=O)C=C(C(=O)N2CCC(O)(c3ccc(Br)cc3)CC2)O1. The Kier molecular flexibility index (Phi) is 4.77. The molecule has 0 atom stereocenters. The molecule has 1 aromatic carbocycles. The lowest BCUT2D eigenvalue weighted by molar-refractivity contribution is -0.141. The van der Waals surface area contributed by atoms with Crippen LogP contribution in [-0.4, -0.2) is 40.4 Å². The van der Waals surface area contributed by atoms with Gasteiger partial charge in [-0.2, -0.15) is 0 Å². The van der Waals surface area contributed by atoms with E-state index >= 15 is 0 Å². The van der Waals surface area contributed by atoms with E-state index in [4.69, 9.17) is 4.74 Å². The zero-order valence-corrected chi connectivity index (χ0v) is 16.0. The Bertz CT molecular complexity index is 715. The lowest BCUT2D eigenvalue weighted by Crippen LogP contribution is -2.47. The summed E-state index contributed by atoms with van der Waals surface area (Å²) in [4.78, 5) is 26.1. The van der Waals surface area contributed by atoms with Crippen LogP contribution in [0.15, 0.2) is 40.6 Å². The summed E-state index contributed by atoms with van der Waals surface area (Å²) in [5.74, 6) is -0.266. The average molecular weight is 408 g/mol. The number of ketones is 1. The van der Waals surface area contributed by atoms with Gasteiger partial charge in [0.25, 0.3) is 5.91 Å². The monoisotopic (exact) mass is 407 g/mol. The molecule has 0 saturated carbocycles. The van der Waals surface area contributed by atoms with Crippen molar-refractivity contribution in [3.8, 4) is 0 Å². The van der Waals surface area contributed by atoms with Crippen LogP contribution in [0.2, 0.25) is 0 Å². The third kappa shape index (κ3) is 3.96. The number of carbonyl (C=O) groups is 2. The van der Waals surface area contributed by atoms with E-state index in [9.17, 15) is 14.7 Å². The molecule has 0 bridgehead atoms. The maximum Gasteiger partial charge on any atom is 0.289 e. The summed E-state index contributed by atoms with van der Waals surface area (Å²) >= 11 is 3.39. The van der Waals surface area contributed by atoms with Gasteiger partial charge in [-0.1, -0.05) is 28.1 Å². The van der Waals surface area contributed by atoms with Crippen molar-refractivity contribution < 1.29 is 19.4 Å². The molecule has 2 heterocycles. The van der Waals surface area contributed by atoms with Crippen LogP contribution in [0.3, 0.4) is 0 Å². The number of hydrogen-bond acceptors (Lipinski definition) is 4. The highest BCUT2D eigenvalue weighted by Gasteiger charge is 2.38. The summed E-state index contributed by atoms with van der Waals surface area (Å²) in [6, 6.07) is 7.60. The van der Waals surface area contributed by atoms with Gasteiger partial charge < -0.3 is 14.7 Å². The van der Waals surface area contributed by atoms with Crippen LogP contribution >= 0.6 is 15.9 Å². The van der Waals surface area contributed by atoms with Gasteiger partial charge in [-0.25, -0.2) is 0 Å². The fourth-order valence-corrected chi connectivity index (χ4v) is 3.63. The van der Waals surface area contributed by atoms with Gasteiger partial charge in [-0.05, 0) is 44.4 Å². The maximum absolute atomic E-state index is 12.7. The summed E-state index contributed by atoms with van der Waals surface area (Å²) in [7, 11) is 0. The molecule has 0 radical (unpaired) electrons. The van der Waals surface area contributed by atoms with Crippen molar-refractivity contribution in [1.82, 2.24) is 4.90 Å². The molecule has 6 heteroatoms. The number of aliphatic hydroxyl groups is 1. The smallest absolute Gasteiger partial charge is 0.289 e. The van der Waals surface area contributed by atoms with Crippen LogP contribution in [0.5, 0.6) is 0 Å². The topological polar surface area (TPSA) is 66.8 Å². The molecule has 0 spiro atoms. The second-order valence-corrected chi connectivity index (χ2v) is 8.26. The van der Waals surface area contributed by atoms with E-state index in [2.05, 4.69) is 15.9 Å². The number of piperidine rings is 1. The van der Waals surface area contributed by atoms with Crippen molar-refractivity contribution in [3.05, 3.63) is 46.1 Å². The van der Waals surface area contributed by atoms with E-state index in [1.54, 1.807) is 18.7 Å². The molecule has 134 valence electrons. The Morgan fingerprint density at radius 3 is 2.36 bits per heavy atom. The molecule has 0 aliphatic carbocycles. The van der Waals surface area contributed by atoms with Gasteiger partial charge in [-0.3, -0.25) is 9.59 Å². The van der Waals surface area contributed by atoms with E-state index < -0.39 is 11.2 Å². The fraction of sp³-hybridized carbons (Fsp3) is 0.474. The number of carbonyl (C=O) groups excluding carboxylic acids is 2. The van der Waals surface area contributed by atoms with Crippen LogP contribution in [-0.2, 0) is 19.9 Å². The molecule has 1 aromatic rings. The Labute approximate surface area is 155 Å². The highest BCUT2D eigenvalue weighted by molar-refractivity contribution is 9.10. The van der Waals surface area contributed by atoms with E-state index in [1.165, 1.54) is 6.08 Å². The minimum Gasteiger partial charge on any atom is -0.481 e. The zero-order valence-electron chi connectivity index (χ0n) is 14.4. The largest absolute Gasteiger partial charge is 0.481 e. The van der Waals surface area contributed by atoms with Crippen molar-refractivity contribution >= 4 is 27.6 Å². The Morgan fingerprint density at radius 2 is 1.80 bits per heavy atom. The van der Waals surface area contributed by atoms with Gasteiger partial charge in [0.2, 0.25) is 0 Å². The molecular weight excluding hydrogens is 386 g/mol. The molecule has 1 fully saturated rings. The lowest BCUT2D eigenvalue weighted by Gasteiger charge is -2.39. The van der Waals surface area contributed by atoms with Crippen molar-refractivity contribution in [2.75, 3.05) is 13.1 Å². The molecule has 2 aliphatic heterocycles. The minimum absolute atomic E-state index is 0.0945. The molecule has 0 aromatic heterocycles. The van der Waals surface area contributed by atoms with Gasteiger partial charge >= 0.3 is 0 Å². The summed E-state index contributed by atoms with van der Waals surface area (Å²) in [5.41, 5.74) is -0.744. The van der Waals surface area contributed by atoms with Crippen molar-refractivity contribution in [2.45, 2.75) is 44.3 Å². The molecule has 1 amide bonds. The van der Waals surface area contributed by atoms with Crippen LogP contribution in [0.4, 0.5) is 0 Å². The fourth-order valence-electron chi connectivity index (χ4n) is 3.37. The quantitative estimate of drug-likeness (QED) is 0.818. The second kappa shape index (κ2) is 6.57. The summed E-state index contributed by atoms with van der Waals surface area (Å²) < 4.78 is 6.65. The first-order chi connectivity index (χ1) is 11.7. The number of amides is 1. The molecular formula is C19H22BrNO4. The van der Waals surface area contributed by atoms with Crippen molar-refractivity contribution in [1.29, 1.82) is 0 Å². The molecule has 0 unspecified atom stereocenters. The number of allylic oxidation sites excluding steroid dienone is 1. The average Bonchev–Trinajstić information content (AvgIpc) is 2.53. The molecule has 3 rings (SSSR count). The lowest BCUT2D eigenvalue weighted by atomic mass is 9.84. The molecule has 2 aliphatic rings. The summed E-state index contributed by atoms with van der Waals surface area (Å²) in [6.45, 7) is 4.43. The van der Waals surface area contributed by atoms with E-state index in [0.29, 0.717) is 25.9 Å². The first-order valence-electron chi connectivity index (χ1n) is 8.40. The molecule has 5 nitrogen and oxygen atoms in total. The normalized spacial score (nSPS) is 22.2. The number of ether oxygens (including phenoxy) is 1. The van der Waals surface area contributed by atoms with Gasteiger partial charge in [-0.15, -0.1) is 0 Å². The van der Waals surface area contributed by atoms with Gasteiger partial charge in [0, 0.05) is 30.1 Å². The Morgan fingerprint density at radius 1 is 1.20 bits per heavy atom.